The van der Waals surface area contributed by atoms with Crippen LogP contribution in [0.15, 0.2) is 0 Å². The number of nitrogens with two attached hydrogens (primary N) is 1. The predicted molar refractivity (Wildman–Crippen MR) is 69.2 cm³/mol. The normalized spacial score (nSPS) is 61.6. The summed E-state index contributed by atoms with van der Waals surface area (Å²) in [5.41, 5.74) is 7.63. The Hall–Kier alpha value is 0.440. The molecule has 4 bridgehead atoms. The van der Waals surface area contributed by atoms with Gasteiger partial charge in [-0.2, -0.15) is 0 Å². The van der Waals surface area contributed by atoms with Gasteiger partial charge < -0.3 is 5.73 Å². The fraction of sp³-hybridized carbons (Fsp3) is 1.00. The Kier molecular flexibility index (Phi) is 2.39. The fourth-order valence-corrected chi connectivity index (χ4v) is 5.24. The maximum Gasteiger partial charge on any atom is 0.0234 e. The third-order valence-electron chi connectivity index (χ3n) is 6.13. The summed E-state index contributed by atoms with van der Waals surface area (Å²) in [5.74, 6) is 1.99. The summed E-state index contributed by atoms with van der Waals surface area (Å²) >= 11 is 0. The molecule has 0 radical (unpaired) electrons. The Balaban J connectivity index is 0.000000853. The molecule has 0 aromatic heterocycles. The van der Waals surface area contributed by atoms with E-state index in [1.165, 1.54) is 32.1 Å². The zero-order valence-electron chi connectivity index (χ0n) is 10.2. The lowest BCUT2D eigenvalue weighted by atomic mass is 9.38. The molecule has 4 aliphatic rings. The molecule has 0 spiro atoms. The second kappa shape index (κ2) is 3.01. The molecule has 0 amide bonds. The predicted octanol–water partition coefficient (Wildman–Crippen LogP) is 3.52. The van der Waals surface area contributed by atoms with Crippen LogP contribution in [0.2, 0.25) is 0 Å². The van der Waals surface area contributed by atoms with Crippen LogP contribution in [-0.2, 0) is 0 Å². The molecule has 4 aliphatic carbocycles. The third-order valence-corrected chi connectivity index (χ3v) is 6.13. The van der Waals surface area contributed by atoms with Crippen LogP contribution in [0.5, 0.6) is 0 Å². The molecular weight excluding hydrogens is 250 g/mol. The number of rotatable bonds is 0. The lowest BCUT2D eigenvalue weighted by Gasteiger charge is -2.69. The lowest BCUT2D eigenvalue weighted by Crippen LogP contribution is -2.71. The van der Waals surface area contributed by atoms with Gasteiger partial charge in [-0.3, -0.25) is 0 Å². The van der Waals surface area contributed by atoms with Crippen molar-refractivity contribution in [1.82, 2.24) is 0 Å². The third kappa shape index (κ3) is 1.24. The van der Waals surface area contributed by atoms with Crippen LogP contribution in [0.25, 0.3) is 0 Å². The molecule has 0 aliphatic heterocycles. The Morgan fingerprint density at radius 1 is 0.867 bits per heavy atom. The van der Waals surface area contributed by atoms with E-state index in [4.69, 9.17) is 5.73 Å². The molecule has 0 unspecified atom stereocenters. The van der Waals surface area contributed by atoms with E-state index in [0.29, 0.717) is 10.8 Å². The van der Waals surface area contributed by atoms with Gasteiger partial charge >= 0.3 is 0 Å². The van der Waals surface area contributed by atoms with E-state index < -0.39 is 0 Å². The van der Waals surface area contributed by atoms with Crippen molar-refractivity contribution >= 4 is 17.0 Å². The van der Waals surface area contributed by atoms with Gasteiger partial charge in [0.05, 0.1) is 0 Å². The van der Waals surface area contributed by atoms with E-state index in [-0.39, 0.29) is 22.5 Å². The summed E-state index contributed by atoms with van der Waals surface area (Å²) < 4.78 is 0. The molecule has 88 valence electrons. The van der Waals surface area contributed by atoms with E-state index in [0.717, 1.165) is 11.8 Å². The van der Waals surface area contributed by atoms with Gasteiger partial charge in [0.25, 0.3) is 0 Å². The Morgan fingerprint density at radius 3 is 1.53 bits per heavy atom. The molecule has 0 heterocycles. The molecule has 2 N–H and O–H groups in total. The minimum Gasteiger partial charge on any atom is -0.324 e. The molecule has 4 saturated carbocycles. The van der Waals surface area contributed by atoms with Gasteiger partial charge in [-0.15, -0.1) is 17.0 Å². The fourth-order valence-electron chi connectivity index (χ4n) is 5.24. The molecule has 2 heteroatoms. The highest BCUT2D eigenvalue weighted by atomic mass is 79.9. The smallest absolute Gasteiger partial charge is 0.0234 e. The van der Waals surface area contributed by atoms with Gasteiger partial charge in [0.15, 0.2) is 0 Å². The van der Waals surface area contributed by atoms with Crippen molar-refractivity contribution in [2.75, 3.05) is 0 Å². The first-order valence-corrected chi connectivity index (χ1v) is 6.15. The first-order valence-electron chi connectivity index (χ1n) is 6.15. The zero-order valence-corrected chi connectivity index (χ0v) is 11.9. The molecule has 1 nitrogen and oxygen atoms in total. The van der Waals surface area contributed by atoms with Crippen LogP contribution in [0, 0.1) is 22.7 Å². The molecule has 0 atom stereocenters. The van der Waals surface area contributed by atoms with Crippen LogP contribution >= 0.6 is 17.0 Å². The first kappa shape index (κ1) is 11.9. The number of hydrogen-bond acceptors (Lipinski definition) is 1. The van der Waals surface area contributed by atoms with Crippen molar-refractivity contribution in [2.24, 2.45) is 28.4 Å². The van der Waals surface area contributed by atoms with Crippen molar-refractivity contribution in [3.8, 4) is 0 Å². The van der Waals surface area contributed by atoms with Gasteiger partial charge in [0.2, 0.25) is 0 Å². The molecule has 0 aromatic carbocycles. The van der Waals surface area contributed by atoms with E-state index in [9.17, 15) is 0 Å². The van der Waals surface area contributed by atoms with Crippen molar-refractivity contribution in [2.45, 2.75) is 58.4 Å². The van der Waals surface area contributed by atoms with Crippen molar-refractivity contribution in [3.63, 3.8) is 0 Å². The average molecular weight is 274 g/mol. The molecule has 4 fully saturated rings. The van der Waals surface area contributed by atoms with E-state index in [2.05, 4.69) is 20.8 Å². The minimum absolute atomic E-state index is 0. The van der Waals surface area contributed by atoms with Crippen LogP contribution in [0.1, 0.15) is 52.9 Å². The van der Waals surface area contributed by atoms with Gasteiger partial charge in [0.1, 0.15) is 0 Å². The van der Waals surface area contributed by atoms with Gasteiger partial charge in [-0.05, 0) is 61.7 Å². The summed E-state index contributed by atoms with van der Waals surface area (Å²) in [4.78, 5) is 0. The Morgan fingerprint density at radius 2 is 1.20 bits per heavy atom. The summed E-state index contributed by atoms with van der Waals surface area (Å²) in [6.45, 7) is 7.22. The van der Waals surface area contributed by atoms with E-state index in [1.54, 1.807) is 0 Å². The van der Waals surface area contributed by atoms with Gasteiger partial charge in [-0.25, -0.2) is 0 Å². The Labute approximate surface area is 104 Å². The highest BCUT2D eigenvalue weighted by molar-refractivity contribution is 8.93. The maximum absolute atomic E-state index is 6.68. The van der Waals surface area contributed by atoms with Crippen molar-refractivity contribution in [3.05, 3.63) is 0 Å². The summed E-state index contributed by atoms with van der Waals surface area (Å²) in [6, 6.07) is 0. The summed E-state index contributed by atoms with van der Waals surface area (Å²) in [6.07, 6.45) is 7.08. The largest absolute Gasteiger partial charge is 0.324 e. The SMILES string of the molecule is Br.CC12CC3CC(C1)CC(C)(C3)C2(C)N. The molecule has 0 saturated heterocycles. The van der Waals surface area contributed by atoms with Gasteiger partial charge in [0, 0.05) is 5.54 Å². The number of hydrogen-bond donors (Lipinski definition) is 1. The molecular formula is C13H24BrN. The topological polar surface area (TPSA) is 26.0 Å². The van der Waals surface area contributed by atoms with Crippen molar-refractivity contribution < 1.29 is 0 Å². The van der Waals surface area contributed by atoms with Crippen LogP contribution in [0.3, 0.4) is 0 Å². The highest BCUT2D eigenvalue weighted by Gasteiger charge is 2.64. The quantitative estimate of drug-likeness (QED) is 0.718. The van der Waals surface area contributed by atoms with Crippen LogP contribution in [-0.4, -0.2) is 5.54 Å². The summed E-state index contributed by atoms with van der Waals surface area (Å²) in [7, 11) is 0. The number of halogens is 1. The van der Waals surface area contributed by atoms with Crippen LogP contribution in [0.4, 0.5) is 0 Å². The van der Waals surface area contributed by atoms with Crippen molar-refractivity contribution in [1.29, 1.82) is 0 Å². The van der Waals surface area contributed by atoms with Crippen LogP contribution < -0.4 is 5.73 Å². The average Bonchev–Trinajstić information content (AvgIpc) is 1.98. The zero-order chi connectivity index (χ0) is 10.2. The standard InChI is InChI=1S/C13H23N.BrH/c1-11-5-9-4-10(6-11)8-12(2,7-9)13(11,3)14;/h9-10H,4-8,14H2,1-3H3;1H. The van der Waals surface area contributed by atoms with E-state index >= 15 is 0 Å². The monoisotopic (exact) mass is 273 g/mol. The van der Waals surface area contributed by atoms with Gasteiger partial charge in [-0.1, -0.05) is 13.8 Å². The maximum atomic E-state index is 6.68. The first-order chi connectivity index (χ1) is 6.36. The lowest BCUT2D eigenvalue weighted by molar-refractivity contribution is -0.159. The molecule has 15 heavy (non-hydrogen) atoms. The van der Waals surface area contributed by atoms with E-state index in [1.807, 2.05) is 0 Å². The summed E-state index contributed by atoms with van der Waals surface area (Å²) in [5, 5.41) is 0. The second-order valence-electron chi connectivity index (χ2n) is 7.11. The highest BCUT2D eigenvalue weighted by Crippen LogP contribution is 2.68. The second-order valence-corrected chi connectivity index (χ2v) is 7.11. The Bertz CT molecular complexity index is 246. The molecule has 0 aromatic rings. The molecule has 4 rings (SSSR count). The minimum atomic E-state index is 0.